The second-order valence-corrected chi connectivity index (χ2v) is 7.53. The third kappa shape index (κ3) is 4.80. The summed E-state index contributed by atoms with van der Waals surface area (Å²) >= 11 is 1.49. The Bertz CT molecular complexity index is 1190. The average Bonchev–Trinajstić information content (AvgIpc) is 3.24. The smallest absolute Gasteiger partial charge is 0.251 e. The minimum atomic E-state index is -0.281. The lowest BCUT2D eigenvalue weighted by atomic mass is 10.1. The van der Waals surface area contributed by atoms with Crippen LogP contribution in [-0.2, 0) is 0 Å². The number of nitrogens with one attached hydrogen (secondary N) is 1. The second-order valence-electron chi connectivity index (χ2n) is 6.67. The van der Waals surface area contributed by atoms with E-state index in [0.717, 1.165) is 21.3 Å². The molecule has 0 radical (unpaired) electrons. The summed E-state index contributed by atoms with van der Waals surface area (Å²) < 4.78 is 24.9. The summed E-state index contributed by atoms with van der Waals surface area (Å²) in [5.74, 6) is 0.681. The molecule has 0 aliphatic carbocycles. The lowest BCUT2D eigenvalue weighted by Gasteiger charge is -2.10. The molecule has 0 aliphatic heterocycles. The molecule has 31 heavy (non-hydrogen) atoms. The van der Waals surface area contributed by atoms with Gasteiger partial charge in [0.05, 0.1) is 18.6 Å². The van der Waals surface area contributed by atoms with Crippen LogP contribution in [0.4, 0.5) is 4.39 Å². The van der Waals surface area contributed by atoms with Crippen molar-refractivity contribution in [2.24, 2.45) is 0 Å². The predicted octanol–water partition coefficient (Wildman–Crippen LogP) is 4.70. The number of carbonyl (C=O) groups excluding carboxylic acids is 1. The van der Waals surface area contributed by atoms with Crippen LogP contribution in [-0.4, -0.2) is 36.1 Å². The fourth-order valence-electron chi connectivity index (χ4n) is 3.09. The van der Waals surface area contributed by atoms with Gasteiger partial charge in [-0.1, -0.05) is 18.2 Å². The van der Waals surface area contributed by atoms with Gasteiger partial charge in [-0.15, -0.1) is 11.3 Å². The van der Waals surface area contributed by atoms with Gasteiger partial charge in [0, 0.05) is 30.0 Å². The van der Waals surface area contributed by atoms with Crippen LogP contribution in [0.15, 0.2) is 60.2 Å². The van der Waals surface area contributed by atoms with E-state index in [2.05, 4.69) is 15.3 Å². The maximum absolute atomic E-state index is 13.3. The highest BCUT2D eigenvalue weighted by Gasteiger charge is 2.14. The Morgan fingerprint density at radius 3 is 2.71 bits per heavy atom. The van der Waals surface area contributed by atoms with Gasteiger partial charge in [-0.2, -0.15) is 0 Å². The molecule has 158 valence electrons. The van der Waals surface area contributed by atoms with E-state index in [1.807, 2.05) is 11.4 Å². The fraction of sp³-hybridized carbons (Fsp3) is 0.174. The number of ether oxygens (including phenoxy) is 2. The molecule has 0 bridgehead atoms. The number of amides is 1. The van der Waals surface area contributed by atoms with Gasteiger partial charge in [-0.3, -0.25) is 4.79 Å². The minimum absolute atomic E-state index is 0.158. The number of aromatic nitrogens is 2. The molecule has 0 saturated heterocycles. The van der Waals surface area contributed by atoms with E-state index in [1.165, 1.54) is 29.8 Å². The molecular weight excluding hydrogens is 417 g/mol. The Hall–Kier alpha value is -3.52. The molecule has 0 unspecified atom stereocenters. The lowest BCUT2D eigenvalue weighted by molar-refractivity contribution is 0.0962. The summed E-state index contributed by atoms with van der Waals surface area (Å²) in [7, 11) is 1.59. The Morgan fingerprint density at radius 2 is 1.90 bits per heavy atom. The second kappa shape index (κ2) is 9.53. The van der Waals surface area contributed by atoms with Crippen molar-refractivity contribution >= 4 is 27.5 Å². The van der Waals surface area contributed by atoms with Crippen molar-refractivity contribution in [3.05, 3.63) is 71.6 Å². The predicted molar refractivity (Wildman–Crippen MR) is 118 cm³/mol. The Kier molecular flexibility index (Phi) is 6.37. The van der Waals surface area contributed by atoms with Crippen LogP contribution in [0.2, 0.25) is 0 Å². The molecule has 1 amide bonds. The number of hydrogen-bond acceptors (Lipinski definition) is 6. The summed E-state index contributed by atoms with van der Waals surface area (Å²) in [5, 5.41) is 5.38. The summed E-state index contributed by atoms with van der Waals surface area (Å²) in [5.41, 5.74) is 2.34. The lowest BCUT2D eigenvalue weighted by Crippen LogP contribution is -2.17. The molecule has 0 atom stereocenters. The quantitative estimate of drug-likeness (QED) is 0.404. The van der Waals surface area contributed by atoms with E-state index < -0.39 is 0 Å². The molecule has 6 nitrogen and oxygen atoms in total. The molecule has 2 aromatic carbocycles. The van der Waals surface area contributed by atoms with Crippen molar-refractivity contribution in [3.8, 4) is 22.8 Å². The topological polar surface area (TPSA) is 73.3 Å². The molecule has 8 heteroatoms. The van der Waals surface area contributed by atoms with Gasteiger partial charge in [0.1, 0.15) is 22.7 Å². The normalized spacial score (nSPS) is 10.8. The molecule has 0 aliphatic rings. The van der Waals surface area contributed by atoms with Crippen molar-refractivity contribution in [3.63, 3.8) is 0 Å². The maximum Gasteiger partial charge on any atom is 0.251 e. The number of benzene rings is 2. The molecular formula is C23H20FN3O3S. The zero-order valence-electron chi connectivity index (χ0n) is 16.8. The van der Waals surface area contributed by atoms with E-state index in [1.54, 1.807) is 37.4 Å². The molecule has 1 N–H and O–H groups in total. The van der Waals surface area contributed by atoms with Crippen LogP contribution in [0.5, 0.6) is 11.6 Å². The number of rotatable bonds is 8. The van der Waals surface area contributed by atoms with Crippen molar-refractivity contribution in [2.45, 2.75) is 6.42 Å². The number of thiophene rings is 1. The number of fused-ring (bicyclic) bond motifs is 1. The van der Waals surface area contributed by atoms with Gasteiger partial charge >= 0.3 is 0 Å². The van der Waals surface area contributed by atoms with Gasteiger partial charge in [0.2, 0.25) is 5.88 Å². The van der Waals surface area contributed by atoms with E-state index in [-0.39, 0.29) is 11.7 Å². The van der Waals surface area contributed by atoms with Crippen LogP contribution in [0.1, 0.15) is 16.8 Å². The maximum atomic E-state index is 13.3. The Morgan fingerprint density at radius 1 is 1.10 bits per heavy atom. The first-order valence-corrected chi connectivity index (χ1v) is 10.6. The van der Waals surface area contributed by atoms with Crippen LogP contribution in [0.25, 0.3) is 21.3 Å². The Balaban J connectivity index is 1.39. The summed E-state index contributed by atoms with van der Waals surface area (Å²) in [6.07, 6.45) is 2.11. The number of hydrogen-bond donors (Lipinski definition) is 1. The van der Waals surface area contributed by atoms with Gasteiger partial charge < -0.3 is 14.8 Å². The molecule has 0 spiro atoms. The summed E-state index contributed by atoms with van der Waals surface area (Å²) in [4.78, 5) is 21.1. The zero-order valence-corrected chi connectivity index (χ0v) is 17.6. The van der Waals surface area contributed by atoms with E-state index in [9.17, 15) is 9.18 Å². The number of halogens is 1. The fourth-order valence-corrected chi connectivity index (χ4v) is 3.99. The van der Waals surface area contributed by atoms with Crippen LogP contribution in [0.3, 0.4) is 0 Å². The highest BCUT2D eigenvalue weighted by Crippen LogP contribution is 2.37. The molecule has 4 aromatic rings. The largest absolute Gasteiger partial charge is 0.493 e. The van der Waals surface area contributed by atoms with Gasteiger partial charge in [0.25, 0.3) is 5.91 Å². The Labute approximate surface area is 182 Å². The minimum Gasteiger partial charge on any atom is -0.493 e. The highest BCUT2D eigenvalue weighted by molar-refractivity contribution is 7.17. The van der Waals surface area contributed by atoms with Crippen molar-refractivity contribution in [1.29, 1.82) is 0 Å². The van der Waals surface area contributed by atoms with Crippen molar-refractivity contribution < 1.29 is 18.7 Å². The van der Waals surface area contributed by atoms with E-state index in [0.29, 0.717) is 36.8 Å². The van der Waals surface area contributed by atoms with Crippen molar-refractivity contribution in [2.75, 3.05) is 20.3 Å². The highest BCUT2D eigenvalue weighted by atomic mass is 32.1. The monoisotopic (exact) mass is 437 g/mol. The SMILES string of the molecule is CNC(=O)c1cccc(OCCCOc2ncnc3scc(-c4ccc(F)cc4)c23)c1. The van der Waals surface area contributed by atoms with Gasteiger partial charge in [0.15, 0.2) is 0 Å². The third-order valence-corrected chi connectivity index (χ3v) is 5.50. The van der Waals surface area contributed by atoms with Crippen LogP contribution >= 0.6 is 11.3 Å². The van der Waals surface area contributed by atoms with E-state index >= 15 is 0 Å². The molecule has 4 rings (SSSR count). The number of carbonyl (C=O) groups is 1. The number of nitrogens with zero attached hydrogens (tertiary/aromatic N) is 2. The van der Waals surface area contributed by atoms with Gasteiger partial charge in [-0.05, 0) is 35.9 Å². The average molecular weight is 437 g/mol. The van der Waals surface area contributed by atoms with Gasteiger partial charge in [-0.25, -0.2) is 14.4 Å². The zero-order chi connectivity index (χ0) is 21.6. The first kappa shape index (κ1) is 20.7. The van der Waals surface area contributed by atoms with E-state index in [4.69, 9.17) is 9.47 Å². The molecule has 0 fully saturated rings. The van der Waals surface area contributed by atoms with Crippen LogP contribution < -0.4 is 14.8 Å². The first-order valence-electron chi connectivity index (χ1n) is 9.71. The van der Waals surface area contributed by atoms with Crippen molar-refractivity contribution in [1.82, 2.24) is 15.3 Å². The van der Waals surface area contributed by atoms with Crippen LogP contribution in [0, 0.1) is 5.82 Å². The standard InChI is InChI=1S/C23H20FN3O3S/c1-25-21(28)16-4-2-5-18(12-16)29-10-3-11-30-22-20-19(13-31-23(20)27-14-26-22)15-6-8-17(24)9-7-15/h2,4-9,12-14H,3,10-11H2,1H3,(H,25,28). The summed E-state index contributed by atoms with van der Waals surface area (Å²) in [6, 6.07) is 13.3. The first-order chi connectivity index (χ1) is 15.2. The summed E-state index contributed by atoms with van der Waals surface area (Å²) in [6.45, 7) is 0.833. The molecule has 0 saturated carbocycles. The molecule has 2 aromatic heterocycles. The third-order valence-electron chi connectivity index (χ3n) is 4.61. The molecule has 2 heterocycles.